The highest BCUT2D eigenvalue weighted by atomic mass is 16.5. The van der Waals surface area contributed by atoms with Crippen molar-refractivity contribution in [3.05, 3.63) is 35.4 Å². The molecule has 0 saturated heterocycles. The van der Waals surface area contributed by atoms with E-state index < -0.39 is 11.8 Å². The van der Waals surface area contributed by atoms with Crippen molar-refractivity contribution in [3.8, 4) is 34.5 Å². The summed E-state index contributed by atoms with van der Waals surface area (Å²) in [7, 11) is 5.77. The standard InChI is InChI=1S/C34H52N2O8/c1-7-9-11-13-15-35-33(39)25(17-23-19-27(41-3)31(37)28(20-23)42-4)26(34(40)36-16-14-12-10-8-2)18-24-21-29(43-5)32(38)30(22-24)44-6/h19-22,25-26,37-38H,7-18H2,1-6H3,(H,35,39)(H,36,40)/t25-,26+. The molecule has 44 heavy (non-hydrogen) atoms. The minimum absolute atomic E-state index is 0.139. The molecule has 0 radical (unpaired) electrons. The molecule has 2 aromatic rings. The summed E-state index contributed by atoms with van der Waals surface area (Å²) >= 11 is 0. The van der Waals surface area contributed by atoms with Gasteiger partial charge in [0.25, 0.3) is 0 Å². The molecule has 0 fully saturated rings. The first-order valence-corrected chi connectivity index (χ1v) is 15.7. The lowest BCUT2D eigenvalue weighted by Crippen LogP contribution is -2.44. The Hall–Kier alpha value is -3.82. The van der Waals surface area contributed by atoms with Crippen LogP contribution in [0.1, 0.15) is 76.3 Å². The van der Waals surface area contributed by atoms with E-state index in [1.165, 1.54) is 28.4 Å². The van der Waals surface area contributed by atoms with Crippen LogP contribution in [-0.2, 0) is 22.4 Å². The molecule has 2 amide bonds. The Morgan fingerprint density at radius 2 is 0.909 bits per heavy atom. The number of ether oxygens (including phenoxy) is 4. The third kappa shape index (κ3) is 10.7. The molecule has 2 atom stereocenters. The Morgan fingerprint density at radius 1 is 0.591 bits per heavy atom. The van der Waals surface area contributed by atoms with Crippen LogP contribution in [0.5, 0.6) is 34.5 Å². The van der Waals surface area contributed by atoms with E-state index in [1.807, 2.05) is 0 Å². The van der Waals surface area contributed by atoms with Crippen LogP contribution in [0.15, 0.2) is 24.3 Å². The van der Waals surface area contributed by atoms with Crippen LogP contribution in [0.4, 0.5) is 0 Å². The lowest BCUT2D eigenvalue weighted by Gasteiger charge is -2.27. The van der Waals surface area contributed by atoms with Crippen molar-refractivity contribution in [2.45, 2.75) is 78.1 Å². The zero-order chi connectivity index (χ0) is 32.5. The van der Waals surface area contributed by atoms with Crippen molar-refractivity contribution >= 4 is 11.8 Å². The largest absolute Gasteiger partial charge is 0.502 e. The van der Waals surface area contributed by atoms with E-state index in [9.17, 15) is 19.8 Å². The molecule has 0 saturated carbocycles. The molecule has 0 heterocycles. The Balaban J connectivity index is 2.54. The fourth-order valence-corrected chi connectivity index (χ4v) is 5.26. The number of phenolic OH excluding ortho intramolecular Hbond substituents is 2. The number of nitrogens with one attached hydrogen (secondary N) is 2. The molecule has 2 aromatic carbocycles. The third-order valence-corrected chi connectivity index (χ3v) is 7.81. The molecule has 10 nitrogen and oxygen atoms in total. The van der Waals surface area contributed by atoms with Gasteiger partial charge >= 0.3 is 0 Å². The minimum Gasteiger partial charge on any atom is -0.502 e. The van der Waals surface area contributed by atoms with Crippen molar-refractivity contribution in [1.82, 2.24) is 10.6 Å². The summed E-state index contributed by atoms with van der Waals surface area (Å²) in [5, 5.41) is 27.1. The fourth-order valence-electron chi connectivity index (χ4n) is 5.26. The van der Waals surface area contributed by atoms with Crippen molar-refractivity contribution in [2.24, 2.45) is 11.8 Å². The van der Waals surface area contributed by atoms with E-state index in [1.54, 1.807) is 24.3 Å². The summed E-state index contributed by atoms with van der Waals surface area (Å²) in [6.45, 7) is 5.27. The average molecular weight is 617 g/mol. The number of aromatic hydroxyl groups is 2. The number of carbonyl (C=O) groups excluding carboxylic acids is 2. The number of carbonyl (C=O) groups is 2. The van der Waals surface area contributed by atoms with Crippen LogP contribution in [0.3, 0.4) is 0 Å². The Morgan fingerprint density at radius 3 is 1.18 bits per heavy atom. The average Bonchev–Trinajstić information content (AvgIpc) is 3.03. The molecule has 10 heteroatoms. The van der Waals surface area contributed by atoms with Crippen LogP contribution in [0.25, 0.3) is 0 Å². The molecular weight excluding hydrogens is 564 g/mol. The first-order valence-electron chi connectivity index (χ1n) is 15.7. The maximum atomic E-state index is 13.9. The molecule has 0 bridgehead atoms. The van der Waals surface area contributed by atoms with Crippen molar-refractivity contribution in [1.29, 1.82) is 0 Å². The van der Waals surface area contributed by atoms with Gasteiger partial charge in [0.15, 0.2) is 23.0 Å². The molecule has 246 valence electrons. The van der Waals surface area contributed by atoms with Gasteiger partial charge in [0, 0.05) is 13.1 Å². The van der Waals surface area contributed by atoms with E-state index in [4.69, 9.17) is 18.9 Å². The van der Waals surface area contributed by atoms with Crippen LogP contribution >= 0.6 is 0 Å². The van der Waals surface area contributed by atoms with Gasteiger partial charge in [-0.3, -0.25) is 9.59 Å². The maximum absolute atomic E-state index is 13.9. The zero-order valence-electron chi connectivity index (χ0n) is 27.3. The summed E-state index contributed by atoms with van der Waals surface area (Å²) in [5.41, 5.74) is 1.34. The normalized spacial score (nSPS) is 12.2. The molecule has 0 aliphatic carbocycles. The van der Waals surface area contributed by atoms with Gasteiger partial charge in [0.2, 0.25) is 23.3 Å². The number of hydrogen-bond acceptors (Lipinski definition) is 8. The van der Waals surface area contributed by atoms with Gasteiger partial charge in [-0.15, -0.1) is 0 Å². The summed E-state index contributed by atoms with van der Waals surface area (Å²) in [5.74, 6) is -1.46. The summed E-state index contributed by atoms with van der Waals surface area (Å²) in [6, 6.07) is 6.63. The van der Waals surface area contributed by atoms with Gasteiger partial charge in [0.05, 0.1) is 40.3 Å². The highest BCUT2D eigenvalue weighted by molar-refractivity contribution is 5.88. The van der Waals surface area contributed by atoms with Crippen LogP contribution in [-0.4, -0.2) is 63.6 Å². The first kappa shape index (κ1) is 36.4. The number of hydrogen-bond donors (Lipinski definition) is 4. The van der Waals surface area contributed by atoms with Crippen molar-refractivity contribution in [2.75, 3.05) is 41.5 Å². The molecule has 0 spiro atoms. The van der Waals surface area contributed by atoms with Crippen LogP contribution < -0.4 is 29.6 Å². The van der Waals surface area contributed by atoms with Gasteiger partial charge in [-0.05, 0) is 61.1 Å². The molecule has 0 unspecified atom stereocenters. The second-order valence-corrected chi connectivity index (χ2v) is 11.0. The lowest BCUT2D eigenvalue weighted by atomic mass is 9.81. The monoisotopic (exact) mass is 616 g/mol. The summed E-state index contributed by atoms with van der Waals surface area (Å²) < 4.78 is 21.4. The van der Waals surface area contributed by atoms with Gasteiger partial charge in [-0.2, -0.15) is 0 Å². The van der Waals surface area contributed by atoms with E-state index in [2.05, 4.69) is 24.5 Å². The van der Waals surface area contributed by atoms with Crippen LogP contribution in [0, 0.1) is 11.8 Å². The van der Waals surface area contributed by atoms with E-state index >= 15 is 0 Å². The SMILES string of the molecule is CCCCCCNC(=O)[C@@H](Cc1cc(OC)c(O)c(OC)c1)[C@@H](Cc1cc(OC)c(O)c(OC)c1)C(=O)NCCCCCC. The number of rotatable bonds is 21. The van der Waals surface area contributed by atoms with Gasteiger partial charge in [0.1, 0.15) is 0 Å². The smallest absolute Gasteiger partial charge is 0.224 e. The minimum atomic E-state index is -0.776. The third-order valence-electron chi connectivity index (χ3n) is 7.81. The second-order valence-electron chi connectivity index (χ2n) is 11.0. The van der Waals surface area contributed by atoms with Gasteiger partial charge in [-0.1, -0.05) is 52.4 Å². The zero-order valence-corrected chi connectivity index (χ0v) is 27.3. The molecule has 0 aliphatic heterocycles. The number of methoxy groups -OCH3 is 4. The molecular formula is C34H52N2O8. The predicted molar refractivity (Wildman–Crippen MR) is 171 cm³/mol. The molecule has 0 aromatic heterocycles. The molecule has 0 aliphatic rings. The second kappa shape index (κ2) is 19.5. The van der Waals surface area contributed by atoms with Crippen molar-refractivity contribution < 1.29 is 38.7 Å². The number of phenols is 2. The lowest BCUT2D eigenvalue weighted by molar-refractivity contribution is -0.134. The predicted octanol–water partition coefficient (Wildman–Crippen LogP) is 5.54. The summed E-state index contributed by atoms with van der Waals surface area (Å²) in [6.07, 6.45) is 8.40. The van der Waals surface area contributed by atoms with E-state index in [-0.39, 0.29) is 59.2 Å². The summed E-state index contributed by atoms with van der Waals surface area (Å²) in [4.78, 5) is 27.8. The fraction of sp³-hybridized carbons (Fsp3) is 0.588. The highest BCUT2D eigenvalue weighted by Gasteiger charge is 2.35. The molecule has 4 N–H and O–H groups in total. The van der Waals surface area contributed by atoms with E-state index in [0.717, 1.165) is 51.4 Å². The number of benzene rings is 2. The number of unbranched alkanes of at least 4 members (excludes halogenated alkanes) is 6. The van der Waals surface area contributed by atoms with Crippen LogP contribution in [0.2, 0.25) is 0 Å². The van der Waals surface area contributed by atoms with Gasteiger partial charge < -0.3 is 39.8 Å². The maximum Gasteiger partial charge on any atom is 0.224 e. The topological polar surface area (TPSA) is 136 Å². The highest BCUT2D eigenvalue weighted by Crippen LogP contribution is 2.40. The first-order chi connectivity index (χ1) is 21.2. The quantitative estimate of drug-likeness (QED) is 0.134. The Labute approximate surface area is 262 Å². The van der Waals surface area contributed by atoms with Crippen molar-refractivity contribution in [3.63, 3.8) is 0 Å². The van der Waals surface area contributed by atoms with E-state index in [0.29, 0.717) is 24.2 Å². The van der Waals surface area contributed by atoms with Gasteiger partial charge in [-0.25, -0.2) is 0 Å². The Bertz CT molecular complexity index is 1040. The number of amides is 2. The molecule has 2 rings (SSSR count). The Kier molecular flexibility index (Phi) is 16.1.